The predicted octanol–water partition coefficient (Wildman–Crippen LogP) is 15.6. The lowest BCUT2D eigenvalue weighted by Crippen LogP contribution is -2.62. The lowest BCUT2D eigenvalue weighted by molar-refractivity contribution is 0.332. The van der Waals surface area contributed by atoms with Gasteiger partial charge < -0.3 is 9.80 Å². The molecular weight excluding hydrogens is 808 g/mol. The summed E-state index contributed by atoms with van der Waals surface area (Å²) in [5.74, 6) is 0. The Balaban J connectivity index is 1.29. The highest BCUT2D eigenvalue weighted by Gasteiger charge is 2.51. The minimum absolute atomic E-state index is 0.00474. The van der Waals surface area contributed by atoms with E-state index in [1.807, 2.05) is 0 Å². The number of hydrogen-bond acceptors (Lipinski definition) is 2. The number of nitrogens with zero attached hydrogens (tertiary/aromatic N) is 2. The van der Waals surface area contributed by atoms with E-state index in [9.17, 15) is 0 Å². The topological polar surface area (TPSA) is 6.48 Å². The van der Waals surface area contributed by atoms with Gasteiger partial charge in [-0.2, -0.15) is 0 Å². The Hall–Kier alpha value is -5.02. The van der Waals surface area contributed by atoms with Gasteiger partial charge in [0.15, 0.2) is 0 Å². The fourth-order valence-corrected chi connectivity index (χ4v) is 14.6. The number of rotatable bonds is 3. The zero-order valence-corrected chi connectivity index (χ0v) is 44.0. The third-order valence-corrected chi connectivity index (χ3v) is 17.8. The van der Waals surface area contributed by atoms with Gasteiger partial charge >= 0.3 is 0 Å². The van der Waals surface area contributed by atoms with Crippen molar-refractivity contribution < 1.29 is 0 Å². The van der Waals surface area contributed by atoms with Crippen LogP contribution in [0.3, 0.4) is 0 Å². The van der Waals surface area contributed by atoms with Crippen LogP contribution in [0.5, 0.6) is 0 Å². The summed E-state index contributed by atoms with van der Waals surface area (Å²) < 4.78 is 0. The first-order valence-electron chi connectivity index (χ1n) is 25.6. The summed E-state index contributed by atoms with van der Waals surface area (Å²) in [6.07, 6.45) is 4.65. The molecule has 344 valence electrons. The molecule has 67 heavy (non-hydrogen) atoms. The third kappa shape index (κ3) is 6.48. The van der Waals surface area contributed by atoms with Gasteiger partial charge in [0.1, 0.15) is 0 Å². The lowest BCUT2D eigenvalue weighted by atomic mass is 9.33. The van der Waals surface area contributed by atoms with Crippen LogP contribution in [0.1, 0.15) is 180 Å². The second-order valence-corrected chi connectivity index (χ2v) is 26.9. The Morgan fingerprint density at radius 3 is 1.36 bits per heavy atom. The van der Waals surface area contributed by atoms with Crippen molar-refractivity contribution in [2.75, 3.05) is 9.80 Å². The molecular formula is C64H75BN2. The summed E-state index contributed by atoms with van der Waals surface area (Å²) >= 11 is 0. The van der Waals surface area contributed by atoms with E-state index in [1.54, 1.807) is 0 Å². The SMILES string of the molecule is Cc1cc2c3c(c1)N(c1ccc(C(C)(C)C)cc1-c1ccccc1)c1cc4c(cc1B3c1cc3c(cc1N2c1cc2c(cc1C)C(C)(C)CCC2(C)C)C(C)(C)CC3(C)C)C(C)(C)CC4(C)C. The third-order valence-electron chi connectivity index (χ3n) is 17.8. The highest BCUT2D eigenvalue weighted by molar-refractivity contribution is 7.00. The van der Waals surface area contributed by atoms with Crippen LogP contribution in [0.4, 0.5) is 34.1 Å². The van der Waals surface area contributed by atoms with Crippen LogP contribution in [0.25, 0.3) is 11.1 Å². The van der Waals surface area contributed by atoms with Gasteiger partial charge in [-0.25, -0.2) is 0 Å². The minimum Gasteiger partial charge on any atom is -0.311 e. The van der Waals surface area contributed by atoms with Gasteiger partial charge in [-0.3, -0.25) is 0 Å². The molecule has 0 N–H and O–H groups in total. The van der Waals surface area contributed by atoms with Crippen molar-refractivity contribution in [3.05, 3.63) is 147 Å². The van der Waals surface area contributed by atoms with Gasteiger partial charge in [-0.1, -0.05) is 158 Å². The van der Waals surface area contributed by atoms with E-state index < -0.39 is 0 Å². The molecule has 0 unspecified atom stereocenters. The standard InChI is InChI=1S/C64H75BN2/c1-38-27-55-57-56(28-38)67(52-33-46-43(29-39(52)2)59(6,7)25-26-60(46,8)9)54-35-48-45(62(12,13)37-64(48,16)17)32-50(54)65(57)49-31-44-47(63(14,15)36-61(44,10)11)34-53(49)66(55)51-24-23-41(58(3,4)5)30-42(51)40-21-19-18-20-22-40/h18-24,27-35H,25-26,36-37H2,1-17H3. The largest absolute Gasteiger partial charge is 0.311 e. The zero-order valence-electron chi connectivity index (χ0n) is 44.0. The van der Waals surface area contributed by atoms with Crippen LogP contribution in [-0.2, 0) is 37.9 Å². The molecule has 0 atom stereocenters. The van der Waals surface area contributed by atoms with Gasteiger partial charge in [-0.15, -0.1) is 0 Å². The molecule has 3 heteroatoms. The van der Waals surface area contributed by atoms with E-state index in [1.165, 1.54) is 125 Å². The predicted molar refractivity (Wildman–Crippen MR) is 291 cm³/mol. The Morgan fingerprint density at radius 2 is 0.866 bits per heavy atom. The first kappa shape index (κ1) is 44.5. The maximum absolute atomic E-state index is 2.75. The highest BCUT2D eigenvalue weighted by atomic mass is 15.2. The van der Waals surface area contributed by atoms with Crippen molar-refractivity contribution in [1.82, 2.24) is 0 Å². The van der Waals surface area contributed by atoms with Gasteiger partial charge in [0.05, 0.1) is 5.69 Å². The monoisotopic (exact) mass is 883 g/mol. The smallest absolute Gasteiger partial charge is 0.252 e. The van der Waals surface area contributed by atoms with Crippen LogP contribution < -0.4 is 26.2 Å². The molecule has 0 saturated carbocycles. The molecule has 0 fully saturated rings. The molecule has 2 aliphatic heterocycles. The Kier molecular flexibility index (Phi) is 9.18. The Morgan fingerprint density at radius 1 is 0.433 bits per heavy atom. The minimum atomic E-state index is -0.00474. The van der Waals surface area contributed by atoms with Crippen LogP contribution in [-0.4, -0.2) is 6.71 Å². The summed E-state index contributed by atoms with van der Waals surface area (Å²) in [5.41, 5.74) is 28.1. The van der Waals surface area contributed by atoms with Gasteiger partial charge in [0.2, 0.25) is 0 Å². The number of hydrogen-bond donors (Lipinski definition) is 0. The molecule has 5 aliphatic rings. The molecule has 11 rings (SSSR count). The normalized spacial score (nSPS) is 20.4. The van der Waals surface area contributed by atoms with E-state index in [2.05, 4.69) is 225 Å². The summed E-state index contributed by atoms with van der Waals surface area (Å²) in [4.78, 5) is 5.46. The number of anilines is 6. The maximum Gasteiger partial charge on any atom is 0.252 e. The zero-order chi connectivity index (χ0) is 47.9. The molecule has 0 saturated heterocycles. The van der Waals surface area contributed by atoms with Gasteiger partial charge in [-0.05, 0) is 192 Å². The first-order chi connectivity index (χ1) is 31.1. The number of benzene rings is 6. The molecule has 2 heterocycles. The molecule has 0 aromatic heterocycles. The molecule has 0 radical (unpaired) electrons. The van der Waals surface area contributed by atoms with Crippen LogP contribution in [0.2, 0.25) is 0 Å². The van der Waals surface area contributed by atoms with Crippen molar-refractivity contribution in [2.24, 2.45) is 0 Å². The van der Waals surface area contributed by atoms with E-state index in [0.29, 0.717) is 0 Å². The van der Waals surface area contributed by atoms with Crippen LogP contribution in [0.15, 0.2) is 97.1 Å². The molecule has 6 aromatic rings. The van der Waals surface area contributed by atoms with Crippen molar-refractivity contribution >= 4 is 57.2 Å². The van der Waals surface area contributed by atoms with Crippen LogP contribution in [0, 0.1) is 13.8 Å². The van der Waals surface area contributed by atoms with E-state index in [-0.39, 0.29) is 44.6 Å². The van der Waals surface area contributed by atoms with Crippen molar-refractivity contribution in [3.8, 4) is 11.1 Å². The molecule has 2 nitrogen and oxygen atoms in total. The van der Waals surface area contributed by atoms with Gasteiger partial charge in [0, 0.05) is 34.0 Å². The Bertz CT molecular complexity index is 3090. The quantitative estimate of drug-likeness (QED) is 0.163. The summed E-state index contributed by atoms with van der Waals surface area (Å²) in [7, 11) is 0. The summed E-state index contributed by atoms with van der Waals surface area (Å²) in [6, 6.07) is 39.5. The molecule has 0 bridgehead atoms. The van der Waals surface area contributed by atoms with Crippen molar-refractivity contribution in [2.45, 2.75) is 181 Å². The average molecular weight is 883 g/mol. The fraction of sp³-hybridized carbons (Fsp3) is 0.438. The van der Waals surface area contributed by atoms with E-state index in [0.717, 1.165) is 12.8 Å². The molecule has 0 amide bonds. The first-order valence-corrected chi connectivity index (χ1v) is 25.6. The Labute approximate surface area is 404 Å². The number of fused-ring (bicyclic) bond motifs is 7. The average Bonchev–Trinajstić information content (AvgIpc) is 3.54. The van der Waals surface area contributed by atoms with Gasteiger partial charge in [0.25, 0.3) is 6.71 Å². The molecule has 6 aromatic carbocycles. The van der Waals surface area contributed by atoms with E-state index in [4.69, 9.17) is 0 Å². The summed E-state index contributed by atoms with van der Waals surface area (Å²) in [5, 5.41) is 0. The van der Waals surface area contributed by atoms with E-state index >= 15 is 0 Å². The maximum atomic E-state index is 2.75. The number of aryl methyl sites for hydroxylation is 2. The fourth-order valence-electron chi connectivity index (χ4n) is 14.6. The lowest BCUT2D eigenvalue weighted by Gasteiger charge is -2.47. The van der Waals surface area contributed by atoms with Crippen LogP contribution >= 0.6 is 0 Å². The molecule has 0 spiro atoms. The second kappa shape index (κ2) is 13.8. The van der Waals surface area contributed by atoms with Crippen molar-refractivity contribution in [1.29, 1.82) is 0 Å². The summed E-state index contributed by atoms with van der Waals surface area (Å²) in [6.45, 7) is 41.6. The highest BCUT2D eigenvalue weighted by Crippen LogP contribution is 2.57. The second-order valence-electron chi connectivity index (χ2n) is 26.9. The molecule has 3 aliphatic carbocycles. The van der Waals surface area contributed by atoms with Crippen molar-refractivity contribution in [3.63, 3.8) is 0 Å².